The molecular formula is C31H47N5O6Si. The van der Waals surface area contributed by atoms with Gasteiger partial charge >= 0.3 is 12.1 Å². The summed E-state index contributed by atoms with van der Waals surface area (Å²) in [6.07, 6.45) is 5.72. The second-order valence-electron chi connectivity index (χ2n) is 12.8. The van der Waals surface area contributed by atoms with Gasteiger partial charge in [0, 0.05) is 28.7 Å². The number of H-pyrrole nitrogens is 1. The molecule has 1 aromatic carbocycles. The Morgan fingerprint density at radius 2 is 1.93 bits per heavy atom. The normalized spacial score (nSPS) is 16.1. The lowest BCUT2D eigenvalue weighted by Crippen LogP contribution is -2.54. The highest BCUT2D eigenvalue weighted by Crippen LogP contribution is 2.22. The van der Waals surface area contributed by atoms with Crippen molar-refractivity contribution in [1.29, 1.82) is 0 Å². The number of allylic oxidation sites excluding steroid dienone is 1. The van der Waals surface area contributed by atoms with Gasteiger partial charge in [-0.1, -0.05) is 51.7 Å². The molecule has 0 bridgehead atoms. The van der Waals surface area contributed by atoms with Crippen LogP contribution in [0.25, 0.3) is 17.0 Å². The second-order valence-corrected chi connectivity index (χ2v) is 18.4. The smallest absolute Gasteiger partial charge is 0.407 e. The molecule has 236 valence electrons. The molecule has 2 heterocycles. The van der Waals surface area contributed by atoms with Crippen LogP contribution in [0.3, 0.4) is 0 Å². The SMILES string of the molecule is CC(C)[C@H](NC(=O)OCCC/C=C/c1ccc2nc(N(C)C)[nH]c(=O)c2c1)C(=O)N1CCC[C@H]1C(=O)OCC[Si](C)(C)C. The van der Waals surface area contributed by atoms with Gasteiger partial charge in [0.1, 0.15) is 12.1 Å². The number of likely N-dealkylation sites (tertiary alicyclic amines) is 1. The van der Waals surface area contributed by atoms with Crippen LogP contribution in [0.2, 0.25) is 25.7 Å². The van der Waals surface area contributed by atoms with E-state index < -0.39 is 26.3 Å². The molecule has 1 aliphatic heterocycles. The van der Waals surface area contributed by atoms with Crippen molar-refractivity contribution in [3.8, 4) is 0 Å². The molecule has 2 N–H and O–H groups in total. The average molecular weight is 614 g/mol. The summed E-state index contributed by atoms with van der Waals surface area (Å²) in [5, 5.41) is 3.22. The predicted molar refractivity (Wildman–Crippen MR) is 172 cm³/mol. The zero-order valence-corrected chi connectivity index (χ0v) is 27.6. The number of aromatic nitrogens is 2. The number of nitrogens with one attached hydrogen (secondary N) is 2. The van der Waals surface area contributed by atoms with Crippen LogP contribution in [0, 0.1) is 5.92 Å². The Balaban J connectivity index is 1.46. The van der Waals surface area contributed by atoms with Crippen molar-refractivity contribution in [2.45, 2.75) is 77.3 Å². The van der Waals surface area contributed by atoms with Crippen molar-refractivity contribution in [2.24, 2.45) is 5.92 Å². The lowest BCUT2D eigenvalue weighted by molar-refractivity contribution is -0.153. The first-order chi connectivity index (χ1) is 20.3. The first-order valence-corrected chi connectivity index (χ1v) is 18.8. The van der Waals surface area contributed by atoms with E-state index >= 15 is 0 Å². The van der Waals surface area contributed by atoms with E-state index in [-0.39, 0.29) is 30.0 Å². The van der Waals surface area contributed by atoms with Gasteiger partial charge in [0.15, 0.2) is 0 Å². The Morgan fingerprint density at radius 3 is 2.60 bits per heavy atom. The van der Waals surface area contributed by atoms with Gasteiger partial charge in [-0.2, -0.15) is 0 Å². The standard InChI is InChI=1S/C31H47N5O6Si/c1-21(2)26(28(38)36-16-11-13-25(36)29(39)41-18-19-43(5,6)7)33-31(40)42-17-10-8-9-12-22-14-15-24-23(20-22)27(37)34-30(32-24)35(3)4/h9,12,14-15,20-21,25-26H,8,10-11,13,16-19H2,1-7H3,(H,33,40)(H,32,34,37)/b12-9+/t25-,26-/m0/s1. The monoisotopic (exact) mass is 613 g/mol. The van der Waals surface area contributed by atoms with E-state index in [0.717, 1.165) is 11.6 Å². The van der Waals surface area contributed by atoms with Crippen molar-refractivity contribution in [3.63, 3.8) is 0 Å². The maximum Gasteiger partial charge on any atom is 0.407 e. The molecule has 2 amide bonds. The van der Waals surface area contributed by atoms with E-state index in [2.05, 4.69) is 34.9 Å². The molecular weight excluding hydrogens is 566 g/mol. The number of benzene rings is 1. The summed E-state index contributed by atoms with van der Waals surface area (Å²) in [6.45, 7) is 11.4. The summed E-state index contributed by atoms with van der Waals surface area (Å²) in [7, 11) is 2.29. The number of amides is 2. The Bertz CT molecular complexity index is 1370. The number of carbonyl (C=O) groups is 3. The van der Waals surface area contributed by atoms with Crippen LogP contribution in [-0.2, 0) is 19.1 Å². The van der Waals surface area contributed by atoms with Crippen LogP contribution >= 0.6 is 0 Å². The molecule has 0 radical (unpaired) electrons. The highest BCUT2D eigenvalue weighted by atomic mass is 28.3. The molecule has 1 aromatic heterocycles. The van der Waals surface area contributed by atoms with Crippen molar-refractivity contribution in [1.82, 2.24) is 20.2 Å². The van der Waals surface area contributed by atoms with Crippen molar-refractivity contribution in [3.05, 3.63) is 40.2 Å². The number of hydrogen-bond donors (Lipinski definition) is 2. The zero-order chi connectivity index (χ0) is 31.7. The first-order valence-electron chi connectivity index (χ1n) is 15.0. The third-order valence-electron chi connectivity index (χ3n) is 7.31. The molecule has 0 unspecified atom stereocenters. The molecule has 12 heteroatoms. The molecule has 0 spiro atoms. The van der Waals surface area contributed by atoms with E-state index in [9.17, 15) is 19.2 Å². The Kier molecular flexibility index (Phi) is 11.9. The van der Waals surface area contributed by atoms with Gasteiger partial charge in [0.2, 0.25) is 11.9 Å². The minimum absolute atomic E-state index is 0.180. The van der Waals surface area contributed by atoms with E-state index in [1.165, 1.54) is 0 Å². The van der Waals surface area contributed by atoms with Crippen LogP contribution in [-0.4, -0.2) is 86.8 Å². The highest BCUT2D eigenvalue weighted by molar-refractivity contribution is 6.76. The molecule has 0 aliphatic carbocycles. The average Bonchev–Trinajstić information content (AvgIpc) is 3.42. The minimum atomic E-state index is -1.34. The summed E-state index contributed by atoms with van der Waals surface area (Å²) >= 11 is 0. The van der Waals surface area contributed by atoms with E-state index in [1.54, 1.807) is 15.9 Å². The first kappa shape index (κ1) is 33.8. The van der Waals surface area contributed by atoms with Gasteiger partial charge in [0.05, 0.1) is 24.1 Å². The number of esters is 1. The number of fused-ring (bicyclic) bond motifs is 1. The van der Waals surface area contributed by atoms with Gasteiger partial charge in [-0.15, -0.1) is 0 Å². The predicted octanol–water partition coefficient (Wildman–Crippen LogP) is 4.41. The summed E-state index contributed by atoms with van der Waals surface area (Å²) in [4.78, 5) is 61.6. The molecule has 3 rings (SSSR count). The van der Waals surface area contributed by atoms with E-state index in [0.29, 0.717) is 55.7 Å². The summed E-state index contributed by atoms with van der Waals surface area (Å²) in [5.74, 6) is -0.345. The quantitative estimate of drug-likeness (QED) is 0.193. The lowest BCUT2D eigenvalue weighted by atomic mass is 10.0. The number of anilines is 1. The van der Waals surface area contributed by atoms with Crippen molar-refractivity contribution < 1.29 is 23.9 Å². The number of carbonyl (C=O) groups excluding carboxylic acids is 3. The lowest BCUT2D eigenvalue weighted by Gasteiger charge is -2.30. The molecule has 1 aliphatic rings. The molecule has 43 heavy (non-hydrogen) atoms. The fourth-order valence-electron chi connectivity index (χ4n) is 4.74. The third-order valence-corrected chi connectivity index (χ3v) is 9.01. The molecule has 11 nitrogen and oxygen atoms in total. The molecule has 2 aromatic rings. The maximum absolute atomic E-state index is 13.4. The van der Waals surface area contributed by atoms with Crippen LogP contribution < -0.4 is 15.8 Å². The van der Waals surface area contributed by atoms with Crippen LogP contribution in [0.15, 0.2) is 29.1 Å². The number of alkyl carbamates (subject to hydrolysis) is 1. The summed E-state index contributed by atoms with van der Waals surface area (Å²) < 4.78 is 10.9. The fourth-order valence-corrected chi connectivity index (χ4v) is 5.45. The number of nitrogens with zero attached hydrogens (tertiary/aromatic N) is 3. The van der Waals surface area contributed by atoms with E-state index in [4.69, 9.17) is 9.47 Å². The number of rotatable bonds is 13. The molecule has 1 fully saturated rings. The Labute approximate surface area is 255 Å². The van der Waals surface area contributed by atoms with Crippen LogP contribution in [0.5, 0.6) is 0 Å². The second kappa shape index (κ2) is 15.2. The topological polar surface area (TPSA) is 134 Å². The van der Waals surface area contributed by atoms with Crippen molar-refractivity contribution in [2.75, 3.05) is 38.8 Å². The molecule has 2 atom stereocenters. The van der Waals surface area contributed by atoms with E-state index in [1.807, 2.05) is 52.2 Å². The number of hydrogen-bond acceptors (Lipinski definition) is 8. The van der Waals surface area contributed by atoms with Gasteiger partial charge in [-0.05, 0) is 55.3 Å². The Morgan fingerprint density at radius 1 is 1.19 bits per heavy atom. The highest BCUT2D eigenvalue weighted by Gasteiger charge is 2.39. The zero-order valence-electron chi connectivity index (χ0n) is 26.6. The Hall–Kier alpha value is -3.67. The van der Waals surface area contributed by atoms with Gasteiger partial charge < -0.3 is 24.6 Å². The largest absolute Gasteiger partial charge is 0.464 e. The van der Waals surface area contributed by atoms with Crippen LogP contribution in [0.1, 0.15) is 45.1 Å². The molecule has 0 saturated carbocycles. The molecule has 1 saturated heterocycles. The van der Waals surface area contributed by atoms with Crippen LogP contribution in [0.4, 0.5) is 10.7 Å². The number of aromatic amines is 1. The maximum atomic E-state index is 13.4. The van der Waals surface area contributed by atoms with Gasteiger partial charge in [-0.25, -0.2) is 14.6 Å². The number of ether oxygens (including phenoxy) is 2. The minimum Gasteiger partial charge on any atom is -0.464 e. The summed E-state index contributed by atoms with van der Waals surface area (Å²) in [5.41, 5.74) is 1.30. The third kappa shape index (κ3) is 9.94. The fraction of sp³-hybridized carbons (Fsp3) is 0.581. The van der Waals surface area contributed by atoms with Crippen molar-refractivity contribution >= 4 is 49.0 Å². The van der Waals surface area contributed by atoms with Gasteiger partial charge in [0.25, 0.3) is 5.56 Å². The summed E-state index contributed by atoms with van der Waals surface area (Å²) in [6, 6.07) is 4.96. The van der Waals surface area contributed by atoms with Gasteiger partial charge in [-0.3, -0.25) is 14.6 Å². The number of unbranched alkanes of at least 4 members (excludes halogenated alkanes) is 1.